The number of ether oxygens (including phenoxy) is 2. The molecule has 0 spiro atoms. The molecular weight excluding hydrogens is 365 g/mol. The zero-order valence-electron chi connectivity index (χ0n) is 12.2. The van der Waals surface area contributed by atoms with Gasteiger partial charge < -0.3 is 9.47 Å². The van der Waals surface area contributed by atoms with Crippen molar-refractivity contribution in [3.05, 3.63) is 22.4 Å². The van der Waals surface area contributed by atoms with E-state index in [-0.39, 0.29) is 22.9 Å². The Kier molecular flexibility index (Phi) is 7.05. The molecular formula is C13H19BrFNO4S. The third-order valence-corrected chi connectivity index (χ3v) is 5.02. The number of sulfonamides is 1. The maximum absolute atomic E-state index is 14.1. The number of hydrogen-bond donors (Lipinski definition) is 1. The van der Waals surface area contributed by atoms with Crippen molar-refractivity contribution < 1.29 is 22.3 Å². The summed E-state index contributed by atoms with van der Waals surface area (Å²) in [6, 6.07) is 2.78. The molecule has 0 aliphatic rings. The van der Waals surface area contributed by atoms with Gasteiger partial charge in [0.1, 0.15) is 5.75 Å². The highest BCUT2D eigenvalue weighted by Crippen LogP contribution is 2.31. The SMILES string of the molecule is CCCC(CNS(=O)(=O)c1c(OC)ccc(Br)c1F)OC. The van der Waals surface area contributed by atoms with Crippen LogP contribution in [0.15, 0.2) is 21.5 Å². The highest BCUT2D eigenvalue weighted by atomic mass is 79.9. The molecule has 0 bridgehead atoms. The average molecular weight is 384 g/mol. The topological polar surface area (TPSA) is 64.6 Å². The summed E-state index contributed by atoms with van der Waals surface area (Å²) in [6.45, 7) is 2.04. The van der Waals surface area contributed by atoms with Crippen molar-refractivity contribution in [2.45, 2.75) is 30.8 Å². The summed E-state index contributed by atoms with van der Waals surface area (Å²) < 4.78 is 51.3. The lowest BCUT2D eigenvalue weighted by Crippen LogP contribution is -2.33. The van der Waals surface area contributed by atoms with Gasteiger partial charge in [0.25, 0.3) is 0 Å². The second-order valence-corrected chi connectivity index (χ2v) is 6.95. The minimum atomic E-state index is -4.04. The largest absolute Gasteiger partial charge is 0.495 e. The van der Waals surface area contributed by atoms with Gasteiger partial charge >= 0.3 is 0 Å². The summed E-state index contributed by atoms with van der Waals surface area (Å²) in [6.07, 6.45) is 1.30. The number of halogens is 2. The lowest BCUT2D eigenvalue weighted by Gasteiger charge is -2.17. The zero-order chi connectivity index (χ0) is 16.0. The number of methoxy groups -OCH3 is 2. The second-order valence-electron chi connectivity index (χ2n) is 4.39. The molecule has 0 heterocycles. The van der Waals surface area contributed by atoms with Gasteiger partial charge in [0, 0.05) is 13.7 Å². The predicted molar refractivity (Wildman–Crippen MR) is 81.5 cm³/mol. The van der Waals surface area contributed by atoms with E-state index in [0.29, 0.717) is 6.42 Å². The summed E-state index contributed by atoms with van der Waals surface area (Å²) >= 11 is 2.97. The van der Waals surface area contributed by atoms with Gasteiger partial charge in [0.15, 0.2) is 10.7 Å². The van der Waals surface area contributed by atoms with Gasteiger partial charge in [-0.05, 0) is 34.5 Å². The van der Waals surface area contributed by atoms with Crippen LogP contribution in [0.3, 0.4) is 0 Å². The first kappa shape index (κ1) is 18.3. The van der Waals surface area contributed by atoms with E-state index < -0.39 is 20.7 Å². The maximum atomic E-state index is 14.1. The Hall–Kier alpha value is -0.700. The number of nitrogens with one attached hydrogen (secondary N) is 1. The van der Waals surface area contributed by atoms with Crippen LogP contribution < -0.4 is 9.46 Å². The van der Waals surface area contributed by atoms with E-state index in [1.165, 1.54) is 26.4 Å². The highest BCUT2D eigenvalue weighted by molar-refractivity contribution is 9.10. The predicted octanol–water partition coefficient (Wildman–Crippen LogP) is 2.69. The van der Waals surface area contributed by atoms with Crippen LogP contribution in [-0.2, 0) is 14.8 Å². The van der Waals surface area contributed by atoms with Crippen LogP contribution in [0.4, 0.5) is 4.39 Å². The molecule has 1 unspecified atom stereocenters. The average Bonchev–Trinajstić information content (AvgIpc) is 2.45. The van der Waals surface area contributed by atoms with Crippen LogP contribution in [0.25, 0.3) is 0 Å². The first-order chi connectivity index (χ1) is 9.87. The first-order valence-corrected chi connectivity index (χ1v) is 8.69. The van der Waals surface area contributed by atoms with Gasteiger partial charge in [0.2, 0.25) is 10.0 Å². The molecule has 0 saturated heterocycles. The summed E-state index contributed by atoms with van der Waals surface area (Å²) in [4.78, 5) is -0.509. The molecule has 0 saturated carbocycles. The minimum absolute atomic E-state index is 0.0485. The maximum Gasteiger partial charge on any atom is 0.247 e. The number of hydrogen-bond acceptors (Lipinski definition) is 4. The molecule has 5 nitrogen and oxygen atoms in total. The fourth-order valence-electron chi connectivity index (χ4n) is 1.83. The molecule has 0 amide bonds. The fraction of sp³-hybridized carbons (Fsp3) is 0.538. The Balaban J connectivity index is 3.05. The Bertz CT molecular complexity index is 580. The number of rotatable bonds is 8. The third kappa shape index (κ3) is 4.64. The van der Waals surface area contributed by atoms with Crippen LogP contribution >= 0.6 is 15.9 Å². The van der Waals surface area contributed by atoms with Crippen LogP contribution in [0.1, 0.15) is 19.8 Å². The Morgan fingerprint density at radius 1 is 1.38 bits per heavy atom. The fourth-order valence-corrected chi connectivity index (χ4v) is 3.60. The lowest BCUT2D eigenvalue weighted by atomic mass is 10.2. The van der Waals surface area contributed by atoms with E-state index in [0.717, 1.165) is 6.42 Å². The van der Waals surface area contributed by atoms with Crippen LogP contribution in [0, 0.1) is 5.82 Å². The quantitative estimate of drug-likeness (QED) is 0.749. The molecule has 1 aromatic rings. The van der Waals surface area contributed by atoms with Gasteiger partial charge in [-0.25, -0.2) is 17.5 Å². The van der Waals surface area contributed by atoms with E-state index >= 15 is 0 Å². The van der Waals surface area contributed by atoms with Crippen molar-refractivity contribution in [3.63, 3.8) is 0 Å². The van der Waals surface area contributed by atoms with Gasteiger partial charge in [-0.3, -0.25) is 0 Å². The monoisotopic (exact) mass is 383 g/mol. The molecule has 21 heavy (non-hydrogen) atoms. The standard InChI is InChI=1S/C13H19BrFNO4S/c1-4-5-9(19-2)8-16-21(17,18)13-11(20-3)7-6-10(14)12(13)15/h6-7,9,16H,4-5,8H2,1-3H3. The smallest absolute Gasteiger partial charge is 0.247 e. The van der Waals surface area contributed by atoms with Gasteiger partial charge in [-0.1, -0.05) is 13.3 Å². The van der Waals surface area contributed by atoms with E-state index in [4.69, 9.17) is 9.47 Å². The van der Waals surface area contributed by atoms with E-state index in [9.17, 15) is 12.8 Å². The first-order valence-electron chi connectivity index (χ1n) is 6.41. The van der Waals surface area contributed by atoms with E-state index in [1.54, 1.807) is 0 Å². The molecule has 1 aromatic carbocycles. The van der Waals surface area contributed by atoms with Crippen molar-refractivity contribution in [1.29, 1.82) is 0 Å². The number of benzene rings is 1. The minimum Gasteiger partial charge on any atom is -0.495 e. The zero-order valence-corrected chi connectivity index (χ0v) is 14.6. The summed E-state index contributed by atoms with van der Waals surface area (Å²) in [5.41, 5.74) is 0. The van der Waals surface area contributed by atoms with Crippen molar-refractivity contribution in [1.82, 2.24) is 4.72 Å². The van der Waals surface area contributed by atoms with Gasteiger partial charge in [-0.2, -0.15) is 0 Å². The van der Waals surface area contributed by atoms with Gasteiger partial charge in [0.05, 0.1) is 17.7 Å². The molecule has 0 radical (unpaired) electrons. The van der Waals surface area contributed by atoms with Crippen molar-refractivity contribution in [2.24, 2.45) is 0 Å². The van der Waals surface area contributed by atoms with Crippen LogP contribution in [0.5, 0.6) is 5.75 Å². The lowest BCUT2D eigenvalue weighted by molar-refractivity contribution is 0.0984. The van der Waals surface area contributed by atoms with E-state index in [2.05, 4.69) is 20.7 Å². The molecule has 1 rings (SSSR count). The van der Waals surface area contributed by atoms with Crippen molar-refractivity contribution in [3.8, 4) is 5.75 Å². The molecule has 120 valence electrons. The third-order valence-electron chi connectivity index (χ3n) is 2.95. The molecule has 8 heteroatoms. The summed E-state index contributed by atoms with van der Waals surface area (Å²) in [5, 5.41) is 0. The Morgan fingerprint density at radius 3 is 2.57 bits per heavy atom. The van der Waals surface area contributed by atoms with Gasteiger partial charge in [-0.15, -0.1) is 0 Å². The normalized spacial score (nSPS) is 13.2. The van der Waals surface area contributed by atoms with Crippen molar-refractivity contribution in [2.75, 3.05) is 20.8 Å². The Morgan fingerprint density at radius 2 is 2.05 bits per heavy atom. The molecule has 0 aromatic heterocycles. The molecule has 1 N–H and O–H groups in total. The summed E-state index contributed by atoms with van der Waals surface area (Å²) in [7, 11) is -1.24. The molecule has 1 atom stereocenters. The highest BCUT2D eigenvalue weighted by Gasteiger charge is 2.26. The van der Waals surface area contributed by atoms with Crippen LogP contribution in [-0.4, -0.2) is 35.3 Å². The second kappa shape index (κ2) is 8.07. The van der Waals surface area contributed by atoms with E-state index in [1.807, 2.05) is 6.92 Å². The molecule has 0 aliphatic heterocycles. The van der Waals surface area contributed by atoms with Crippen LogP contribution in [0.2, 0.25) is 0 Å². The molecule has 0 fully saturated rings. The Labute approximate surface area is 133 Å². The molecule has 0 aliphatic carbocycles. The summed E-state index contributed by atoms with van der Waals surface area (Å²) in [5.74, 6) is -0.932. The van der Waals surface area contributed by atoms with Crippen molar-refractivity contribution >= 4 is 26.0 Å².